The van der Waals surface area contributed by atoms with Crippen molar-refractivity contribution in [2.45, 2.75) is 39.2 Å². The van der Waals surface area contributed by atoms with Crippen LogP contribution >= 0.6 is 0 Å². The van der Waals surface area contributed by atoms with E-state index in [1.807, 2.05) is 13.1 Å². The Bertz CT molecular complexity index is 602. The topological polar surface area (TPSA) is 24.9 Å². The molecule has 1 aromatic heterocycles. The van der Waals surface area contributed by atoms with Crippen LogP contribution in [0.4, 0.5) is 0 Å². The molecule has 2 aromatic rings. The third kappa shape index (κ3) is 3.59. The molecule has 0 spiro atoms. The molecule has 0 saturated heterocycles. The van der Waals surface area contributed by atoms with Crippen molar-refractivity contribution in [3.05, 3.63) is 42.2 Å². The summed E-state index contributed by atoms with van der Waals surface area (Å²) in [4.78, 5) is 4.63. The fourth-order valence-corrected chi connectivity index (χ4v) is 2.42. The second-order valence-corrected chi connectivity index (χ2v) is 4.89. The van der Waals surface area contributed by atoms with Crippen LogP contribution in [0.25, 0.3) is 10.8 Å². The van der Waals surface area contributed by atoms with Crippen molar-refractivity contribution in [2.24, 2.45) is 0 Å². The highest BCUT2D eigenvalue weighted by molar-refractivity contribution is 5.84. The van der Waals surface area contributed by atoms with Gasteiger partial charge in [0.1, 0.15) is 0 Å². The molecule has 0 saturated carbocycles. The Hall–Kier alpha value is -1.85. The Labute approximate surface area is 121 Å². The summed E-state index contributed by atoms with van der Waals surface area (Å²) in [6.45, 7) is 5.09. The minimum Gasteiger partial charge on any atom is -0.309 e. The summed E-state index contributed by atoms with van der Waals surface area (Å²) in [6.07, 6.45) is 4.94. The lowest BCUT2D eigenvalue weighted by Gasteiger charge is -2.18. The van der Waals surface area contributed by atoms with Gasteiger partial charge in [-0.2, -0.15) is 0 Å². The minimum atomic E-state index is 0.280. The van der Waals surface area contributed by atoms with Gasteiger partial charge in [-0.3, -0.25) is 4.98 Å². The smallest absolute Gasteiger partial charge is 0.0651 e. The summed E-state index contributed by atoms with van der Waals surface area (Å²) in [5, 5.41) is 6.10. The number of hydrogen-bond acceptors (Lipinski definition) is 2. The van der Waals surface area contributed by atoms with Gasteiger partial charge < -0.3 is 5.32 Å². The van der Waals surface area contributed by atoms with Crippen molar-refractivity contribution in [1.82, 2.24) is 10.3 Å². The molecule has 0 aliphatic carbocycles. The first-order valence-electron chi connectivity index (χ1n) is 7.33. The second-order valence-electron chi connectivity index (χ2n) is 4.89. The van der Waals surface area contributed by atoms with Crippen molar-refractivity contribution in [2.75, 3.05) is 6.54 Å². The van der Waals surface area contributed by atoms with Crippen LogP contribution in [0.1, 0.15) is 44.8 Å². The van der Waals surface area contributed by atoms with E-state index >= 15 is 0 Å². The van der Waals surface area contributed by atoms with Crippen molar-refractivity contribution >= 4 is 10.8 Å². The van der Waals surface area contributed by atoms with E-state index in [1.54, 1.807) is 0 Å². The summed E-state index contributed by atoms with van der Waals surface area (Å²) >= 11 is 0. The zero-order valence-corrected chi connectivity index (χ0v) is 12.3. The lowest BCUT2D eigenvalue weighted by molar-refractivity contribution is 0.498. The zero-order valence-electron chi connectivity index (χ0n) is 12.3. The molecule has 1 heterocycles. The zero-order chi connectivity index (χ0) is 14.2. The monoisotopic (exact) mass is 266 g/mol. The molecule has 0 aliphatic heterocycles. The quantitative estimate of drug-likeness (QED) is 0.797. The third-order valence-corrected chi connectivity index (χ3v) is 3.41. The van der Waals surface area contributed by atoms with Gasteiger partial charge in [0.25, 0.3) is 0 Å². The number of pyridine rings is 1. The first kappa shape index (κ1) is 14.6. The van der Waals surface area contributed by atoms with Gasteiger partial charge in [-0.25, -0.2) is 0 Å². The van der Waals surface area contributed by atoms with E-state index in [0.29, 0.717) is 0 Å². The average Bonchev–Trinajstić information content (AvgIpc) is 2.50. The van der Waals surface area contributed by atoms with E-state index in [9.17, 15) is 0 Å². The molecule has 1 atom stereocenters. The number of rotatable bonds is 6. The van der Waals surface area contributed by atoms with E-state index in [1.165, 1.54) is 10.8 Å². The average molecular weight is 266 g/mol. The van der Waals surface area contributed by atoms with E-state index in [0.717, 1.165) is 31.5 Å². The fraction of sp³-hybridized carbons (Fsp3) is 0.389. The maximum absolute atomic E-state index is 4.63. The molecule has 0 amide bonds. The first-order chi connectivity index (χ1) is 9.86. The van der Waals surface area contributed by atoms with Crippen LogP contribution in [0.3, 0.4) is 0 Å². The molecule has 1 unspecified atom stereocenters. The molecule has 1 N–H and O–H groups in total. The molecule has 2 nitrogen and oxygen atoms in total. The SMILES string of the molecule is CC#CCCC(NCCC)c1nccc2ccccc12. The highest BCUT2D eigenvalue weighted by atomic mass is 14.9. The molecule has 1 aromatic carbocycles. The van der Waals surface area contributed by atoms with Crippen molar-refractivity contribution < 1.29 is 0 Å². The van der Waals surface area contributed by atoms with Gasteiger partial charge >= 0.3 is 0 Å². The molecule has 2 heteroatoms. The number of nitrogens with zero attached hydrogens (tertiary/aromatic N) is 1. The number of benzene rings is 1. The normalized spacial score (nSPS) is 11.9. The van der Waals surface area contributed by atoms with Crippen LogP contribution in [0.2, 0.25) is 0 Å². The van der Waals surface area contributed by atoms with Crippen LogP contribution in [-0.2, 0) is 0 Å². The standard InChI is InChI=1S/C18H22N2/c1-3-5-6-11-17(19-13-4-2)18-16-10-8-7-9-15(16)12-14-20-18/h7-10,12,14,17,19H,4,6,11,13H2,1-2H3. The van der Waals surface area contributed by atoms with Gasteiger partial charge in [-0.05, 0) is 37.8 Å². The Balaban J connectivity index is 2.30. The van der Waals surface area contributed by atoms with Crippen LogP contribution in [0, 0.1) is 11.8 Å². The molecule has 0 bridgehead atoms. The minimum absolute atomic E-state index is 0.280. The van der Waals surface area contributed by atoms with Gasteiger partial charge in [-0.1, -0.05) is 31.2 Å². The maximum Gasteiger partial charge on any atom is 0.0651 e. The Morgan fingerprint density at radius 3 is 2.90 bits per heavy atom. The van der Waals surface area contributed by atoms with Gasteiger partial charge in [0.2, 0.25) is 0 Å². The van der Waals surface area contributed by atoms with Crippen LogP contribution in [0.15, 0.2) is 36.5 Å². The Morgan fingerprint density at radius 1 is 1.25 bits per heavy atom. The highest BCUT2D eigenvalue weighted by Crippen LogP contribution is 2.24. The summed E-state index contributed by atoms with van der Waals surface area (Å²) in [5.74, 6) is 6.12. The van der Waals surface area contributed by atoms with Crippen molar-refractivity contribution in [1.29, 1.82) is 0 Å². The maximum atomic E-state index is 4.63. The second kappa shape index (κ2) is 7.67. The van der Waals surface area contributed by atoms with Gasteiger partial charge in [0.05, 0.1) is 11.7 Å². The number of hydrogen-bond donors (Lipinski definition) is 1. The summed E-state index contributed by atoms with van der Waals surface area (Å²) in [5.41, 5.74) is 1.15. The molecule has 0 aliphatic rings. The largest absolute Gasteiger partial charge is 0.309 e. The van der Waals surface area contributed by atoms with E-state index in [4.69, 9.17) is 0 Å². The molecule has 20 heavy (non-hydrogen) atoms. The molecule has 0 radical (unpaired) electrons. The number of fused-ring (bicyclic) bond motifs is 1. The van der Waals surface area contributed by atoms with Crippen molar-refractivity contribution in [3.8, 4) is 11.8 Å². The highest BCUT2D eigenvalue weighted by Gasteiger charge is 2.14. The van der Waals surface area contributed by atoms with Crippen LogP contribution in [0.5, 0.6) is 0 Å². The van der Waals surface area contributed by atoms with Gasteiger partial charge in [0.15, 0.2) is 0 Å². The van der Waals surface area contributed by atoms with Crippen LogP contribution in [-0.4, -0.2) is 11.5 Å². The molecule has 0 fully saturated rings. The predicted octanol–water partition coefficient (Wildman–Crippen LogP) is 4.08. The molecule has 2 rings (SSSR count). The Morgan fingerprint density at radius 2 is 2.10 bits per heavy atom. The number of aromatic nitrogens is 1. The third-order valence-electron chi connectivity index (χ3n) is 3.41. The predicted molar refractivity (Wildman–Crippen MR) is 85.5 cm³/mol. The fourth-order valence-electron chi connectivity index (χ4n) is 2.42. The van der Waals surface area contributed by atoms with Gasteiger partial charge in [-0.15, -0.1) is 11.8 Å². The summed E-state index contributed by atoms with van der Waals surface area (Å²) < 4.78 is 0. The van der Waals surface area contributed by atoms with E-state index < -0.39 is 0 Å². The number of nitrogens with one attached hydrogen (secondary N) is 1. The lowest BCUT2D eigenvalue weighted by atomic mass is 10.0. The Kier molecular flexibility index (Phi) is 5.58. The molecular weight excluding hydrogens is 244 g/mol. The van der Waals surface area contributed by atoms with E-state index in [2.05, 4.69) is 59.4 Å². The lowest BCUT2D eigenvalue weighted by Crippen LogP contribution is -2.23. The van der Waals surface area contributed by atoms with Crippen molar-refractivity contribution in [3.63, 3.8) is 0 Å². The van der Waals surface area contributed by atoms with Crippen LogP contribution < -0.4 is 5.32 Å². The summed E-state index contributed by atoms with van der Waals surface area (Å²) in [6, 6.07) is 10.8. The molecular formula is C18H22N2. The summed E-state index contributed by atoms with van der Waals surface area (Å²) in [7, 11) is 0. The first-order valence-corrected chi connectivity index (χ1v) is 7.33. The van der Waals surface area contributed by atoms with E-state index in [-0.39, 0.29) is 6.04 Å². The molecule has 104 valence electrons. The van der Waals surface area contributed by atoms with Gasteiger partial charge in [0, 0.05) is 18.0 Å².